The van der Waals surface area contributed by atoms with E-state index in [-0.39, 0.29) is 24.2 Å². The summed E-state index contributed by atoms with van der Waals surface area (Å²) in [5.74, 6) is -0.567. The maximum atomic E-state index is 12.5. The lowest BCUT2D eigenvalue weighted by Crippen LogP contribution is -2.48. The van der Waals surface area contributed by atoms with Crippen LogP contribution < -0.4 is 4.74 Å². The molecule has 3 amide bonds. The molecular weight excluding hydrogens is 337 g/mol. The highest BCUT2D eigenvalue weighted by Gasteiger charge is 2.48. The molecule has 2 aliphatic rings. The van der Waals surface area contributed by atoms with Crippen LogP contribution >= 0.6 is 0 Å². The van der Waals surface area contributed by atoms with Crippen LogP contribution in [0, 0.1) is 0 Å². The molecule has 0 bridgehead atoms. The number of hydrogen-bond donors (Lipinski definition) is 0. The van der Waals surface area contributed by atoms with Crippen molar-refractivity contribution in [2.45, 2.75) is 44.0 Å². The second-order valence-electron chi connectivity index (χ2n) is 6.70. The summed E-state index contributed by atoms with van der Waals surface area (Å²) in [5, 5.41) is 0. The van der Waals surface area contributed by atoms with Gasteiger partial charge in [0.2, 0.25) is 0 Å². The van der Waals surface area contributed by atoms with Gasteiger partial charge in [-0.1, -0.05) is 18.6 Å². The van der Waals surface area contributed by atoms with Gasteiger partial charge >= 0.3 is 12.4 Å². The molecule has 1 heterocycles. The van der Waals surface area contributed by atoms with Gasteiger partial charge in [-0.2, -0.15) is 0 Å². The number of likely N-dealkylation sites (N-methyl/N-ethyl adjacent to an activating group) is 1. The Morgan fingerprint density at radius 1 is 1.28 bits per heavy atom. The molecule has 3 rings (SSSR count). The summed E-state index contributed by atoms with van der Waals surface area (Å²) in [7, 11) is 1.57. The summed E-state index contributed by atoms with van der Waals surface area (Å²) in [6, 6.07) is 4.92. The molecule has 5 nitrogen and oxygen atoms in total. The predicted octanol–water partition coefficient (Wildman–Crippen LogP) is 3.29. The molecule has 1 aromatic carbocycles. The normalized spacial score (nSPS) is 23.0. The number of amides is 3. The number of benzene rings is 1. The maximum Gasteiger partial charge on any atom is 0.573 e. The summed E-state index contributed by atoms with van der Waals surface area (Å²) >= 11 is 0. The van der Waals surface area contributed by atoms with Crippen LogP contribution in [0.2, 0.25) is 0 Å². The first-order chi connectivity index (χ1) is 11.6. The Bertz CT molecular complexity index is 681. The number of ether oxygens (including phenoxy) is 1. The molecule has 0 aromatic heterocycles. The molecule has 1 aromatic rings. The van der Waals surface area contributed by atoms with Crippen LogP contribution in [-0.2, 0) is 10.2 Å². The fraction of sp³-hybridized carbons (Fsp3) is 0.529. The van der Waals surface area contributed by atoms with Gasteiger partial charge in [0.15, 0.2) is 0 Å². The van der Waals surface area contributed by atoms with E-state index in [4.69, 9.17) is 0 Å². The third kappa shape index (κ3) is 3.17. The van der Waals surface area contributed by atoms with Crippen LogP contribution in [0.3, 0.4) is 0 Å². The summed E-state index contributed by atoms with van der Waals surface area (Å²) in [6.45, 7) is 1.83. The zero-order valence-electron chi connectivity index (χ0n) is 14.0. The Kier molecular flexibility index (Phi) is 4.17. The van der Waals surface area contributed by atoms with Crippen LogP contribution in [0.15, 0.2) is 24.3 Å². The molecule has 0 N–H and O–H groups in total. The number of urea groups is 1. The Hall–Kier alpha value is -2.25. The number of imide groups is 1. The smallest absolute Gasteiger partial charge is 0.406 e. The molecule has 1 atom stereocenters. The molecule has 1 saturated heterocycles. The second-order valence-corrected chi connectivity index (χ2v) is 6.70. The van der Waals surface area contributed by atoms with E-state index < -0.39 is 17.8 Å². The minimum Gasteiger partial charge on any atom is -0.406 e. The Labute approximate surface area is 143 Å². The van der Waals surface area contributed by atoms with Crippen molar-refractivity contribution in [1.29, 1.82) is 0 Å². The predicted molar refractivity (Wildman–Crippen MR) is 83.0 cm³/mol. The first-order valence-corrected chi connectivity index (χ1v) is 8.07. The van der Waals surface area contributed by atoms with Gasteiger partial charge in [-0.15, -0.1) is 13.2 Å². The highest BCUT2D eigenvalue weighted by molar-refractivity contribution is 6.03. The minimum absolute atomic E-state index is 0.175. The highest BCUT2D eigenvalue weighted by atomic mass is 19.4. The van der Waals surface area contributed by atoms with E-state index in [2.05, 4.69) is 4.74 Å². The first-order valence-electron chi connectivity index (χ1n) is 8.07. The van der Waals surface area contributed by atoms with Gasteiger partial charge in [0, 0.05) is 19.0 Å². The number of carbonyl (C=O) groups is 2. The van der Waals surface area contributed by atoms with Crippen molar-refractivity contribution >= 4 is 11.9 Å². The van der Waals surface area contributed by atoms with E-state index in [1.807, 2.05) is 0 Å². The topological polar surface area (TPSA) is 49.9 Å². The number of halogens is 3. The lowest BCUT2D eigenvalue weighted by molar-refractivity contribution is -0.274. The van der Waals surface area contributed by atoms with E-state index in [0.717, 1.165) is 6.42 Å². The van der Waals surface area contributed by atoms with Gasteiger partial charge in [0.05, 0.1) is 0 Å². The zero-order valence-corrected chi connectivity index (χ0v) is 14.0. The van der Waals surface area contributed by atoms with Gasteiger partial charge in [-0.05, 0) is 37.5 Å². The molecule has 0 unspecified atom stereocenters. The van der Waals surface area contributed by atoms with Crippen LogP contribution in [-0.4, -0.2) is 47.7 Å². The van der Waals surface area contributed by atoms with Crippen molar-refractivity contribution in [2.24, 2.45) is 0 Å². The van der Waals surface area contributed by atoms with E-state index >= 15 is 0 Å². The molecule has 1 saturated carbocycles. The Morgan fingerprint density at radius 3 is 2.44 bits per heavy atom. The molecule has 1 aliphatic heterocycles. The summed E-state index contributed by atoms with van der Waals surface area (Å²) < 4.78 is 41.4. The number of alkyl halides is 3. The zero-order chi connectivity index (χ0) is 18.4. The summed E-state index contributed by atoms with van der Waals surface area (Å²) in [4.78, 5) is 27.2. The van der Waals surface area contributed by atoms with Crippen molar-refractivity contribution in [2.75, 3.05) is 13.6 Å². The van der Waals surface area contributed by atoms with Crippen LogP contribution in [0.4, 0.5) is 18.0 Å². The van der Waals surface area contributed by atoms with Crippen molar-refractivity contribution in [3.05, 3.63) is 29.8 Å². The number of nitrogens with zero attached hydrogens (tertiary/aromatic N) is 2. The summed E-state index contributed by atoms with van der Waals surface area (Å²) in [6.07, 6.45) is -2.45. The Morgan fingerprint density at radius 2 is 1.96 bits per heavy atom. The average Bonchev–Trinajstić information content (AvgIpc) is 2.66. The van der Waals surface area contributed by atoms with E-state index in [1.54, 1.807) is 20.0 Å². The Balaban J connectivity index is 1.86. The molecule has 8 heteroatoms. The third-order valence-electron chi connectivity index (χ3n) is 5.19. The van der Waals surface area contributed by atoms with Crippen molar-refractivity contribution < 1.29 is 27.5 Å². The fourth-order valence-corrected chi connectivity index (χ4v) is 3.45. The van der Waals surface area contributed by atoms with Crippen molar-refractivity contribution in [1.82, 2.24) is 9.80 Å². The van der Waals surface area contributed by atoms with Crippen molar-refractivity contribution in [3.8, 4) is 5.75 Å². The standard InChI is InChI=1S/C17H19F3N2O3/c1-11-14(23)22(15(24)21(11)2)10-16(7-4-8-16)12-5-3-6-13(9-12)25-17(18,19)20/h3,5-6,9,11H,4,7-8,10H2,1-2H3/t11-/m0/s1. The van der Waals surface area contributed by atoms with Crippen LogP contribution in [0.25, 0.3) is 0 Å². The van der Waals surface area contributed by atoms with Gasteiger partial charge in [-0.25, -0.2) is 4.79 Å². The molecular formula is C17H19F3N2O3. The van der Waals surface area contributed by atoms with Gasteiger partial charge < -0.3 is 9.64 Å². The largest absolute Gasteiger partial charge is 0.573 e. The highest BCUT2D eigenvalue weighted by Crippen LogP contribution is 2.46. The maximum absolute atomic E-state index is 12.5. The molecule has 25 heavy (non-hydrogen) atoms. The van der Waals surface area contributed by atoms with Crippen molar-refractivity contribution in [3.63, 3.8) is 0 Å². The van der Waals surface area contributed by atoms with Crippen LogP contribution in [0.1, 0.15) is 31.7 Å². The minimum atomic E-state index is -4.76. The average molecular weight is 356 g/mol. The van der Waals surface area contributed by atoms with Gasteiger partial charge in [-0.3, -0.25) is 9.69 Å². The van der Waals surface area contributed by atoms with Gasteiger partial charge in [0.1, 0.15) is 11.8 Å². The fourth-order valence-electron chi connectivity index (χ4n) is 3.45. The SMILES string of the molecule is C[C@H]1C(=O)N(CC2(c3cccc(OC(F)(F)F)c3)CCC2)C(=O)N1C. The third-order valence-corrected chi connectivity index (χ3v) is 5.19. The monoisotopic (exact) mass is 356 g/mol. The number of carbonyl (C=O) groups excluding carboxylic acids is 2. The lowest BCUT2D eigenvalue weighted by atomic mass is 9.64. The molecule has 0 spiro atoms. The quantitative estimate of drug-likeness (QED) is 0.778. The summed E-state index contributed by atoms with van der Waals surface area (Å²) in [5.41, 5.74) is 0.143. The van der Waals surface area contributed by atoms with E-state index in [0.29, 0.717) is 18.4 Å². The molecule has 2 fully saturated rings. The van der Waals surface area contributed by atoms with Gasteiger partial charge in [0.25, 0.3) is 5.91 Å². The molecule has 0 radical (unpaired) electrons. The lowest BCUT2D eigenvalue weighted by Gasteiger charge is -2.44. The number of hydrogen-bond acceptors (Lipinski definition) is 3. The number of rotatable bonds is 4. The molecule has 136 valence electrons. The van der Waals surface area contributed by atoms with E-state index in [1.165, 1.54) is 28.0 Å². The van der Waals surface area contributed by atoms with Crippen LogP contribution in [0.5, 0.6) is 5.75 Å². The molecule has 1 aliphatic carbocycles. The first kappa shape index (κ1) is 17.6. The second kappa shape index (κ2) is 5.93. The van der Waals surface area contributed by atoms with E-state index in [9.17, 15) is 22.8 Å².